The Hall–Kier alpha value is -3.32. The molecule has 0 saturated carbocycles. The molecule has 2 atom stereocenters. The van der Waals surface area contributed by atoms with Gasteiger partial charge in [-0.25, -0.2) is 4.68 Å². The zero-order valence-electron chi connectivity index (χ0n) is 16.3. The molecule has 0 N–H and O–H groups in total. The molecule has 2 aromatic heterocycles. The molecule has 4 rings (SSSR count). The molecule has 3 aromatic rings. The summed E-state index contributed by atoms with van der Waals surface area (Å²) in [5, 5.41) is 8.59. The normalized spacial score (nSPS) is 18.7. The van der Waals surface area contributed by atoms with E-state index >= 15 is 0 Å². The summed E-state index contributed by atoms with van der Waals surface area (Å²) < 4.78 is 8.01. The van der Waals surface area contributed by atoms with Crippen LogP contribution in [0, 0.1) is 6.92 Å². The van der Waals surface area contributed by atoms with Crippen LogP contribution >= 0.6 is 0 Å². The summed E-state index contributed by atoms with van der Waals surface area (Å²) in [5.41, 5.74) is 3.93. The molecule has 7 nitrogen and oxygen atoms in total. The first kappa shape index (κ1) is 19.0. The smallest absolute Gasteiger partial charge is 0.246 e. The fourth-order valence-corrected chi connectivity index (χ4v) is 3.57. The molecule has 1 aliphatic heterocycles. The predicted molar refractivity (Wildman–Crippen MR) is 109 cm³/mol. The molecular formula is C22H23N5O2. The number of benzene rings is 1. The summed E-state index contributed by atoms with van der Waals surface area (Å²) in [5.74, 6) is -0.107. The number of aryl methyl sites for hydroxylation is 1. The number of amides is 1. The molecule has 0 spiro atoms. The molecule has 1 amide bonds. The highest BCUT2D eigenvalue weighted by Crippen LogP contribution is 2.27. The molecule has 0 aliphatic carbocycles. The van der Waals surface area contributed by atoms with Gasteiger partial charge >= 0.3 is 0 Å². The molecule has 1 aromatic carbocycles. The van der Waals surface area contributed by atoms with Gasteiger partial charge in [0.15, 0.2) is 0 Å². The Labute approximate surface area is 169 Å². The second-order valence-corrected chi connectivity index (χ2v) is 7.18. The SMILES string of the molecule is C=CC(=O)N1C[C@@H](n2cc(-c3cccnc3)nn2)[C@H](OCc2cccc(C)c2)C1. The van der Waals surface area contributed by atoms with Gasteiger partial charge in [0.05, 0.1) is 24.9 Å². The second-order valence-electron chi connectivity index (χ2n) is 7.18. The van der Waals surface area contributed by atoms with Crippen LogP contribution in [0.25, 0.3) is 11.3 Å². The van der Waals surface area contributed by atoms with Crippen molar-refractivity contribution in [3.63, 3.8) is 0 Å². The number of aromatic nitrogens is 4. The quantitative estimate of drug-likeness (QED) is 0.606. The minimum atomic E-state index is -0.192. The second kappa shape index (κ2) is 8.36. The van der Waals surface area contributed by atoms with Gasteiger partial charge in [-0.15, -0.1) is 5.10 Å². The van der Waals surface area contributed by atoms with E-state index in [1.165, 1.54) is 11.6 Å². The van der Waals surface area contributed by atoms with Crippen LogP contribution in [0.2, 0.25) is 0 Å². The monoisotopic (exact) mass is 389 g/mol. The van der Waals surface area contributed by atoms with Gasteiger partial charge in [0.25, 0.3) is 0 Å². The first-order chi connectivity index (χ1) is 14.1. The van der Waals surface area contributed by atoms with Gasteiger partial charge in [0.1, 0.15) is 5.69 Å². The fraction of sp³-hybridized carbons (Fsp3) is 0.273. The van der Waals surface area contributed by atoms with Crippen molar-refractivity contribution in [1.29, 1.82) is 0 Å². The van der Waals surface area contributed by atoms with Crippen molar-refractivity contribution in [2.75, 3.05) is 13.1 Å². The van der Waals surface area contributed by atoms with Gasteiger partial charge in [0, 0.05) is 31.0 Å². The van der Waals surface area contributed by atoms with Crippen molar-refractivity contribution in [3.05, 3.63) is 78.8 Å². The molecule has 7 heteroatoms. The number of pyridine rings is 1. The van der Waals surface area contributed by atoms with Gasteiger partial charge in [0.2, 0.25) is 5.91 Å². The van der Waals surface area contributed by atoms with Crippen molar-refractivity contribution >= 4 is 5.91 Å². The largest absolute Gasteiger partial charge is 0.369 e. The molecule has 0 unspecified atom stereocenters. The topological polar surface area (TPSA) is 73.1 Å². The minimum absolute atomic E-state index is 0.107. The van der Waals surface area contributed by atoms with E-state index in [1.807, 2.05) is 30.5 Å². The summed E-state index contributed by atoms with van der Waals surface area (Å²) in [6.45, 7) is 7.12. The lowest BCUT2D eigenvalue weighted by molar-refractivity contribution is -0.125. The van der Waals surface area contributed by atoms with E-state index in [0.717, 1.165) is 16.8 Å². The maximum absolute atomic E-state index is 12.2. The Kier molecular flexibility index (Phi) is 5.48. The maximum atomic E-state index is 12.2. The summed E-state index contributed by atoms with van der Waals surface area (Å²) in [6.07, 6.45) is 6.50. The van der Waals surface area contributed by atoms with Crippen LogP contribution in [0.3, 0.4) is 0 Å². The Morgan fingerprint density at radius 2 is 2.21 bits per heavy atom. The maximum Gasteiger partial charge on any atom is 0.246 e. The van der Waals surface area contributed by atoms with Crippen molar-refractivity contribution in [3.8, 4) is 11.3 Å². The van der Waals surface area contributed by atoms with E-state index in [0.29, 0.717) is 19.7 Å². The van der Waals surface area contributed by atoms with E-state index in [4.69, 9.17) is 4.74 Å². The van der Waals surface area contributed by atoms with Crippen LogP contribution in [-0.4, -0.2) is 50.0 Å². The highest BCUT2D eigenvalue weighted by molar-refractivity contribution is 5.87. The average molecular weight is 389 g/mol. The highest BCUT2D eigenvalue weighted by Gasteiger charge is 2.37. The van der Waals surface area contributed by atoms with Gasteiger partial charge in [-0.05, 0) is 30.7 Å². The molecule has 1 aliphatic rings. The highest BCUT2D eigenvalue weighted by atomic mass is 16.5. The standard InChI is InChI=1S/C22H23N5O2/c1-3-22(28)26-13-20(21(14-26)29-15-17-7-4-6-16(2)10-17)27-12-19(24-25-27)18-8-5-9-23-11-18/h3-12,20-21H,1,13-15H2,2H3/t20-,21-/m1/s1. The van der Waals surface area contributed by atoms with Crippen LogP contribution in [0.4, 0.5) is 0 Å². The van der Waals surface area contributed by atoms with E-state index in [2.05, 4.69) is 40.9 Å². The third kappa shape index (κ3) is 4.25. The number of likely N-dealkylation sites (tertiary alicyclic amines) is 1. The molecule has 1 saturated heterocycles. The van der Waals surface area contributed by atoms with Crippen LogP contribution in [0.15, 0.2) is 67.6 Å². The number of hydrogen-bond acceptors (Lipinski definition) is 5. The number of carbonyl (C=O) groups excluding carboxylic acids is 1. The number of nitrogens with zero attached hydrogens (tertiary/aromatic N) is 5. The fourth-order valence-electron chi connectivity index (χ4n) is 3.57. The van der Waals surface area contributed by atoms with Gasteiger partial charge in [-0.3, -0.25) is 9.78 Å². The molecule has 0 bridgehead atoms. The number of rotatable bonds is 6. The zero-order valence-corrected chi connectivity index (χ0v) is 16.3. The molecule has 148 valence electrons. The van der Waals surface area contributed by atoms with E-state index < -0.39 is 0 Å². The van der Waals surface area contributed by atoms with Crippen LogP contribution < -0.4 is 0 Å². The van der Waals surface area contributed by atoms with Crippen molar-refractivity contribution < 1.29 is 9.53 Å². The van der Waals surface area contributed by atoms with Crippen LogP contribution in [-0.2, 0) is 16.1 Å². The Bertz CT molecular complexity index is 1000. The number of hydrogen-bond donors (Lipinski definition) is 0. The van der Waals surface area contributed by atoms with Crippen molar-refractivity contribution in [2.24, 2.45) is 0 Å². The third-order valence-corrected chi connectivity index (χ3v) is 5.08. The van der Waals surface area contributed by atoms with E-state index in [9.17, 15) is 4.79 Å². The lowest BCUT2D eigenvalue weighted by atomic mass is 10.1. The minimum Gasteiger partial charge on any atom is -0.369 e. The van der Waals surface area contributed by atoms with Crippen LogP contribution in [0.5, 0.6) is 0 Å². The van der Waals surface area contributed by atoms with Crippen molar-refractivity contribution in [2.45, 2.75) is 25.7 Å². The molecule has 29 heavy (non-hydrogen) atoms. The lowest BCUT2D eigenvalue weighted by Crippen LogP contribution is -2.28. The van der Waals surface area contributed by atoms with Gasteiger partial charge in [-0.1, -0.05) is 41.6 Å². The first-order valence-corrected chi connectivity index (χ1v) is 9.55. The summed E-state index contributed by atoms with van der Waals surface area (Å²) >= 11 is 0. The molecule has 3 heterocycles. The Balaban J connectivity index is 1.54. The third-order valence-electron chi connectivity index (χ3n) is 5.08. The predicted octanol–water partition coefficient (Wildman–Crippen LogP) is 2.80. The molecule has 1 fully saturated rings. The Morgan fingerprint density at radius 3 is 2.97 bits per heavy atom. The van der Waals surface area contributed by atoms with Crippen LogP contribution in [0.1, 0.15) is 17.2 Å². The summed E-state index contributed by atoms with van der Waals surface area (Å²) in [7, 11) is 0. The van der Waals surface area contributed by atoms with Crippen molar-refractivity contribution in [1.82, 2.24) is 24.9 Å². The summed E-state index contributed by atoms with van der Waals surface area (Å²) in [6, 6.07) is 11.9. The lowest BCUT2D eigenvalue weighted by Gasteiger charge is -2.18. The van der Waals surface area contributed by atoms with Gasteiger partial charge < -0.3 is 9.64 Å². The molecular weight excluding hydrogens is 366 g/mol. The van der Waals surface area contributed by atoms with Gasteiger partial charge in [-0.2, -0.15) is 0 Å². The Morgan fingerprint density at radius 1 is 1.31 bits per heavy atom. The average Bonchev–Trinajstić information content (AvgIpc) is 3.39. The molecule has 0 radical (unpaired) electrons. The zero-order chi connectivity index (χ0) is 20.2. The van der Waals surface area contributed by atoms with E-state index in [1.54, 1.807) is 22.0 Å². The summed E-state index contributed by atoms with van der Waals surface area (Å²) in [4.78, 5) is 18.1. The number of ether oxygens (including phenoxy) is 1. The van der Waals surface area contributed by atoms with E-state index in [-0.39, 0.29) is 18.1 Å². The number of carbonyl (C=O) groups is 1. The first-order valence-electron chi connectivity index (χ1n) is 9.55.